The third-order valence-corrected chi connectivity index (χ3v) is 4.58. The van der Waals surface area contributed by atoms with Crippen LogP contribution in [0.15, 0.2) is 36.5 Å². The van der Waals surface area contributed by atoms with E-state index in [0.717, 1.165) is 18.0 Å². The molecule has 0 amide bonds. The average Bonchev–Trinajstić information content (AvgIpc) is 2.70. The van der Waals surface area contributed by atoms with Crippen molar-refractivity contribution in [3.05, 3.63) is 42.1 Å². The van der Waals surface area contributed by atoms with Crippen molar-refractivity contribution in [1.29, 1.82) is 0 Å². The van der Waals surface area contributed by atoms with E-state index in [0.29, 0.717) is 6.04 Å². The quantitative estimate of drug-likeness (QED) is 0.840. The summed E-state index contributed by atoms with van der Waals surface area (Å²) < 4.78 is 0. The molecule has 1 N–H and O–H groups in total. The van der Waals surface area contributed by atoms with Crippen molar-refractivity contribution in [2.45, 2.75) is 51.6 Å². The summed E-state index contributed by atoms with van der Waals surface area (Å²) in [5.41, 5.74) is 2.47. The fourth-order valence-corrected chi connectivity index (χ4v) is 3.25. The Morgan fingerprint density at radius 1 is 1.10 bits per heavy atom. The second kappa shape index (κ2) is 6.36. The van der Waals surface area contributed by atoms with E-state index in [4.69, 9.17) is 0 Å². The van der Waals surface area contributed by atoms with Gasteiger partial charge in [-0.25, -0.2) is 0 Å². The molecule has 0 aliphatic heterocycles. The van der Waals surface area contributed by atoms with Gasteiger partial charge in [0.2, 0.25) is 0 Å². The van der Waals surface area contributed by atoms with Gasteiger partial charge in [0.05, 0.1) is 5.52 Å². The van der Waals surface area contributed by atoms with E-state index in [9.17, 15) is 0 Å². The van der Waals surface area contributed by atoms with Gasteiger partial charge in [-0.15, -0.1) is 0 Å². The van der Waals surface area contributed by atoms with Crippen molar-refractivity contribution in [2.24, 2.45) is 5.92 Å². The van der Waals surface area contributed by atoms with Gasteiger partial charge in [-0.1, -0.05) is 38.0 Å². The SMILES string of the molecule is CC1CCCC(NCc2ccnc3ccccc23)CC1. The van der Waals surface area contributed by atoms with E-state index in [2.05, 4.69) is 47.6 Å². The second-order valence-electron chi connectivity index (χ2n) is 6.18. The maximum Gasteiger partial charge on any atom is 0.0705 e. The molecule has 1 aromatic heterocycles. The minimum absolute atomic E-state index is 0.687. The molecule has 1 fully saturated rings. The van der Waals surface area contributed by atoms with Crippen LogP contribution in [0.4, 0.5) is 0 Å². The number of nitrogens with one attached hydrogen (secondary N) is 1. The Labute approximate surface area is 121 Å². The van der Waals surface area contributed by atoms with Gasteiger partial charge in [-0.05, 0) is 42.9 Å². The van der Waals surface area contributed by atoms with Crippen LogP contribution in [0.5, 0.6) is 0 Å². The lowest BCUT2D eigenvalue weighted by Crippen LogP contribution is -2.28. The lowest BCUT2D eigenvalue weighted by atomic mass is 10.0. The van der Waals surface area contributed by atoms with Gasteiger partial charge < -0.3 is 5.32 Å². The van der Waals surface area contributed by atoms with Crippen LogP contribution in [0.3, 0.4) is 0 Å². The number of hydrogen-bond donors (Lipinski definition) is 1. The molecule has 2 heteroatoms. The Balaban J connectivity index is 1.67. The Hall–Kier alpha value is -1.41. The zero-order valence-electron chi connectivity index (χ0n) is 12.3. The molecule has 2 unspecified atom stereocenters. The molecule has 2 nitrogen and oxygen atoms in total. The third kappa shape index (κ3) is 3.18. The van der Waals surface area contributed by atoms with Crippen molar-refractivity contribution in [1.82, 2.24) is 10.3 Å². The van der Waals surface area contributed by atoms with Crippen molar-refractivity contribution in [2.75, 3.05) is 0 Å². The van der Waals surface area contributed by atoms with Gasteiger partial charge >= 0.3 is 0 Å². The average molecular weight is 268 g/mol. The van der Waals surface area contributed by atoms with Gasteiger partial charge in [0.15, 0.2) is 0 Å². The van der Waals surface area contributed by atoms with Crippen LogP contribution in [-0.4, -0.2) is 11.0 Å². The third-order valence-electron chi connectivity index (χ3n) is 4.58. The molecule has 0 spiro atoms. The first-order valence-corrected chi connectivity index (χ1v) is 7.89. The largest absolute Gasteiger partial charge is 0.310 e. The topological polar surface area (TPSA) is 24.9 Å². The van der Waals surface area contributed by atoms with Crippen LogP contribution >= 0.6 is 0 Å². The lowest BCUT2D eigenvalue weighted by molar-refractivity contribution is 0.448. The maximum absolute atomic E-state index is 4.43. The zero-order valence-corrected chi connectivity index (χ0v) is 12.3. The van der Waals surface area contributed by atoms with Crippen LogP contribution in [0.1, 0.15) is 44.6 Å². The fourth-order valence-electron chi connectivity index (χ4n) is 3.25. The number of benzene rings is 1. The Kier molecular flexibility index (Phi) is 4.31. The molecular formula is C18H24N2. The Morgan fingerprint density at radius 2 is 2.00 bits per heavy atom. The highest BCUT2D eigenvalue weighted by Crippen LogP contribution is 2.23. The molecule has 0 radical (unpaired) electrons. The highest BCUT2D eigenvalue weighted by Gasteiger charge is 2.15. The van der Waals surface area contributed by atoms with Crippen molar-refractivity contribution < 1.29 is 0 Å². The van der Waals surface area contributed by atoms with Crippen molar-refractivity contribution in [3.63, 3.8) is 0 Å². The lowest BCUT2D eigenvalue weighted by Gasteiger charge is -2.17. The van der Waals surface area contributed by atoms with E-state index in [1.807, 2.05) is 6.20 Å². The van der Waals surface area contributed by atoms with Crippen LogP contribution in [0.25, 0.3) is 10.9 Å². The Bertz CT molecular complexity index is 559. The van der Waals surface area contributed by atoms with Gasteiger partial charge in [0.25, 0.3) is 0 Å². The molecule has 1 saturated carbocycles. The number of para-hydroxylation sites is 1. The molecule has 2 aromatic rings. The highest BCUT2D eigenvalue weighted by molar-refractivity contribution is 5.81. The van der Waals surface area contributed by atoms with Crippen LogP contribution in [-0.2, 0) is 6.54 Å². The summed E-state index contributed by atoms with van der Waals surface area (Å²) in [6.45, 7) is 3.35. The summed E-state index contributed by atoms with van der Waals surface area (Å²) in [6, 6.07) is 11.3. The van der Waals surface area contributed by atoms with Crippen LogP contribution < -0.4 is 5.32 Å². The van der Waals surface area contributed by atoms with E-state index in [-0.39, 0.29) is 0 Å². The standard InChI is InChI=1S/C18H24N2/c1-14-5-4-6-16(10-9-14)20-13-15-11-12-19-18-8-3-2-7-17(15)18/h2-3,7-8,11-12,14,16,20H,4-6,9-10,13H2,1H3. The molecule has 3 rings (SSSR count). The summed E-state index contributed by atoms with van der Waals surface area (Å²) in [5, 5.41) is 5.04. The first-order valence-electron chi connectivity index (χ1n) is 7.89. The summed E-state index contributed by atoms with van der Waals surface area (Å²) in [4.78, 5) is 4.43. The maximum atomic E-state index is 4.43. The molecule has 1 aliphatic rings. The molecule has 1 aliphatic carbocycles. The molecule has 106 valence electrons. The molecule has 1 heterocycles. The van der Waals surface area contributed by atoms with Crippen LogP contribution in [0, 0.1) is 5.92 Å². The van der Waals surface area contributed by atoms with E-state index >= 15 is 0 Å². The predicted molar refractivity (Wildman–Crippen MR) is 84.6 cm³/mol. The zero-order chi connectivity index (χ0) is 13.8. The molecule has 20 heavy (non-hydrogen) atoms. The number of rotatable bonds is 3. The number of hydrogen-bond acceptors (Lipinski definition) is 2. The smallest absolute Gasteiger partial charge is 0.0705 e. The summed E-state index contributed by atoms with van der Waals surface area (Å²) in [6.07, 6.45) is 8.72. The molecule has 1 aromatic carbocycles. The highest BCUT2D eigenvalue weighted by atomic mass is 14.9. The number of pyridine rings is 1. The molecule has 0 saturated heterocycles. The van der Waals surface area contributed by atoms with Gasteiger partial charge in [-0.3, -0.25) is 4.98 Å². The normalized spacial score (nSPS) is 23.6. The number of nitrogens with zero attached hydrogens (tertiary/aromatic N) is 1. The first kappa shape index (κ1) is 13.6. The van der Waals surface area contributed by atoms with Crippen molar-refractivity contribution >= 4 is 10.9 Å². The molecule has 2 atom stereocenters. The van der Waals surface area contributed by atoms with E-state index in [1.54, 1.807) is 0 Å². The Morgan fingerprint density at radius 3 is 2.95 bits per heavy atom. The first-order chi connectivity index (χ1) is 9.83. The minimum Gasteiger partial charge on any atom is -0.310 e. The van der Waals surface area contributed by atoms with Gasteiger partial charge in [-0.2, -0.15) is 0 Å². The molecule has 0 bridgehead atoms. The monoisotopic (exact) mass is 268 g/mol. The van der Waals surface area contributed by atoms with E-state index < -0.39 is 0 Å². The number of fused-ring (bicyclic) bond motifs is 1. The van der Waals surface area contributed by atoms with Crippen molar-refractivity contribution in [3.8, 4) is 0 Å². The summed E-state index contributed by atoms with van der Waals surface area (Å²) >= 11 is 0. The molecular weight excluding hydrogens is 244 g/mol. The summed E-state index contributed by atoms with van der Waals surface area (Å²) in [5.74, 6) is 0.906. The minimum atomic E-state index is 0.687. The van der Waals surface area contributed by atoms with E-state index in [1.165, 1.54) is 43.1 Å². The second-order valence-corrected chi connectivity index (χ2v) is 6.18. The van der Waals surface area contributed by atoms with Crippen LogP contribution in [0.2, 0.25) is 0 Å². The summed E-state index contributed by atoms with van der Waals surface area (Å²) in [7, 11) is 0. The van der Waals surface area contributed by atoms with Gasteiger partial charge in [0.1, 0.15) is 0 Å². The predicted octanol–water partition coefficient (Wildman–Crippen LogP) is 4.29. The number of aromatic nitrogens is 1. The van der Waals surface area contributed by atoms with Gasteiger partial charge in [0, 0.05) is 24.2 Å². The fraction of sp³-hybridized carbons (Fsp3) is 0.500.